The Morgan fingerprint density at radius 2 is 1.78 bits per heavy atom. The van der Waals surface area contributed by atoms with Crippen LogP contribution in [-0.2, 0) is 17.8 Å². The van der Waals surface area contributed by atoms with Crippen LogP contribution in [-0.4, -0.2) is 67.8 Å². The maximum absolute atomic E-state index is 13.8. The van der Waals surface area contributed by atoms with Crippen LogP contribution in [0.1, 0.15) is 51.3 Å². The Labute approximate surface area is 213 Å². The fourth-order valence-corrected chi connectivity index (χ4v) is 5.90. The number of amides is 3. The van der Waals surface area contributed by atoms with Crippen LogP contribution in [0, 0.1) is 5.92 Å². The van der Waals surface area contributed by atoms with Gasteiger partial charge in [0.05, 0.1) is 12.2 Å². The van der Waals surface area contributed by atoms with E-state index in [2.05, 4.69) is 66.1 Å². The Hall–Kier alpha value is -3.19. The van der Waals surface area contributed by atoms with Gasteiger partial charge in [0.25, 0.3) is 5.91 Å². The molecular weight excluding hydrogens is 450 g/mol. The molecule has 2 fully saturated rings. The van der Waals surface area contributed by atoms with E-state index in [1.807, 2.05) is 23.1 Å². The van der Waals surface area contributed by atoms with Gasteiger partial charge in [0, 0.05) is 49.0 Å². The van der Waals surface area contributed by atoms with Gasteiger partial charge in [-0.15, -0.1) is 0 Å². The van der Waals surface area contributed by atoms with E-state index >= 15 is 0 Å². The van der Waals surface area contributed by atoms with Gasteiger partial charge in [-0.1, -0.05) is 38.1 Å². The first-order valence-corrected chi connectivity index (χ1v) is 13.2. The average Bonchev–Trinajstić information content (AvgIpc) is 3.38. The van der Waals surface area contributed by atoms with Crippen molar-refractivity contribution >= 4 is 22.8 Å². The van der Waals surface area contributed by atoms with Crippen molar-refractivity contribution in [2.45, 2.75) is 64.6 Å². The predicted octanol–water partition coefficient (Wildman–Crippen LogP) is 4.84. The summed E-state index contributed by atoms with van der Waals surface area (Å²) in [4.78, 5) is 40.8. The van der Waals surface area contributed by atoms with E-state index in [0.29, 0.717) is 31.3 Å². The number of imide groups is 1. The topological polar surface area (TPSA) is 72.5 Å². The number of nitrogens with one attached hydrogen (secondary N) is 1. The molecule has 2 aliphatic heterocycles. The second kappa shape index (κ2) is 10.1. The lowest BCUT2D eigenvalue weighted by atomic mass is 9.84. The predicted molar refractivity (Wildman–Crippen MR) is 141 cm³/mol. The average molecular weight is 488 g/mol. The van der Waals surface area contributed by atoms with Crippen molar-refractivity contribution in [2.75, 3.05) is 19.6 Å². The molecule has 1 atom stereocenters. The zero-order valence-electron chi connectivity index (χ0n) is 21.6. The van der Waals surface area contributed by atoms with Gasteiger partial charge in [0.1, 0.15) is 5.54 Å². The Bertz CT molecular complexity index is 1210. The van der Waals surface area contributed by atoms with E-state index in [4.69, 9.17) is 0 Å². The summed E-state index contributed by atoms with van der Waals surface area (Å²) in [5.74, 6) is 0.242. The smallest absolute Gasteiger partial charge is 0.328 e. The number of nitrogens with zero attached hydrogens (tertiary/aromatic N) is 4. The quantitative estimate of drug-likeness (QED) is 0.462. The van der Waals surface area contributed by atoms with E-state index in [9.17, 15) is 9.59 Å². The lowest BCUT2D eigenvalue weighted by molar-refractivity contribution is -0.136. The van der Waals surface area contributed by atoms with Gasteiger partial charge in [-0.05, 0) is 62.3 Å². The molecule has 2 aliphatic rings. The lowest BCUT2D eigenvalue weighted by Crippen LogP contribution is -2.58. The Morgan fingerprint density at radius 3 is 2.50 bits per heavy atom. The molecular formula is C29H37N5O2. The van der Waals surface area contributed by atoms with Crippen LogP contribution < -0.4 is 0 Å². The van der Waals surface area contributed by atoms with Gasteiger partial charge in [0.2, 0.25) is 0 Å². The summed E-state index contributed by atoms with van der Waals surface area (Å²) in [6.07, 6.45) is 7.27. The number of H-pyrrole nitrogens is 1. The third-order valence-electron chi connectivity index (χ3n) is 7.97. The number of carbonyl (C=O) groups excluding carboxylic acids is 2. The minimum absolute atomic E-state index is 0.0510. The fraction of sp³-hybridized carbons (Fsp3) is 0.483. The molecule has 0 aliphatic carbocycles. The monoisotopic (exact) mass is 487 g/mol. The molecule has 1 spiro atoms. The van der Waals surface area contributed by atoms with Crippen LogP contribution in [0.25, 0.3) is 10.9 Å². The number of aromatic nitrogens is 2. The number of para-hydroxylation sites is 1. The van der Waals surface area contributed by atoms with Crippen LogP contribution in [0.5, 0.6) is 0 Å². The molecule has 5 rings (SSSR count). The van der Waals surface area contributed by atoms with Crippen molar-refractivity contribution in [3.05, 3.63) is 66.1 Å². The van der Waals surface area contributed by atoms with E-state index in [0.717, 1.165) is 31.6 Å². The summed E-state index contributed by atoms with van der Waals surface area (Å²) >= 11 is 0. The number of hydrogen-bond donors (Lipinski definition) is 1. The first kappa shape index (κ1) is 24.5. The largest absolute Gasteiger partial charge is 0.361 e. The Kier molecular flexibility index (Phi) is 6.84. The molecule has 7 nitrogen and oxygen atoms in total. The number of likely N-dealkylation sites (tertiary alicyclic amines) is 1. The number of aromatic amines is 1. The summed E-state index contributed by atoms with van der Waals surface area (Å²) < 4.78 is 0. The van der Waals surface area contributed by atoms with Gasteiger partial charge < -0.3 is 14.8 Å². The Balaban J connectivity index is 1.26. The molecule has 2 saturated heterocycles. The van der Waals surface area contributed by atoms with E-state index in [1.54, 1.807) is 6.20 Å². The molecule has 0 radical (unpaired) electrons. The van der Waals surface area contributed by atoms with Crippen molar-refractivity contribution in [2.24, 2.45) is 5.92 Å². The third kappa shape index (κ3) is 4.52. The summed E-state index contributed by atoms with van der Waals surface area (Å²) in [5, 5.41) is 1.30. The SMILES string of the molecule is CC(C)CN1C(=O)N(Cc2ccccn2)C(=O)C12CCN([C@@H](C)CCc1c[nH]c3ccccc13)CC2. The minimum Gasteiger partial charge on any atom is -0.361 e. The highest BCUT2D eigenvalue weighted by atomic mass is 16.2. The highest BCUT2D eigenvalue weighted by Crippen LogP contribution is 2.39. The van der Waals surface area contributed by atoms with E-state index in [-0.39, 0.29) is 18.5 Å². The zero-order valence-corrected chi connectivity index (χ0v) is 21.6. The maximum atomic E-state index is 13.8. The minimum atomic E-state index is -0.733. The highest BCUT2D eigenvalue weighted by molar-refractivity contribution is 6.07. The first-order valence-electron chi connectivity index (χ1n) is 13.2. The molecule has 7 heteroatoms. The summed E-state index contributed by atoms with van der Waals surface area (Å²) in [6, 6.07) is 14.3. The second-order valence-electron chi connectivity index (χ2n) is 10.8. The molecule has 2 aromatic heterocycles. The number of carbonyl (C=O) groups is 2. The molecule has 4 heterocycles. The Morgan fingerprint density at radius 1 is 1.03 bits per heavy atom. The van der Waals surface area contributed by atoms with Crippen LogP contribution in [0.15, 0.2) is 54.9 Å². The van der Waals surface area contributed by atoms with Gasteiger partial charge in [-0.25, -0.2) is 4.79 Å². The van der Waals surface area contributed by atoms with Crippen LogP contribution >= 0.6 is 0 Å². The van der Waals surface area contributed by atoms with Gasteiger partial charge in [-0.3, -0.25) is 14.7 Å². The van der Waals surface area contributed by atoms with Gasteiger partial charge in [0.15, 0.2) is 0 Å². The molecule has 1 N–H and O–H groups in total. The van der Waals surface area contributed by atoms with E-state index < -0.39 is 5.54 Å². The molecule has 0 unspecified atom stereocenters. The standard InChI is InChI=1S/C29H37N5O2/c1-21(2)19-34-28(36)33(20-24-8-6-7-15-30-24)27(35)29(34)13-16-32(17-14-29)22(3)11-12-23-18-31-26-10-5-4-9-25(23)26/h4-10,15,18,21-22,31H,11-14,16-17,19-20H2,1-3H3/t22-/m0/s1. The number of aryl methyl sites for hydroxylation is 1. The number of benzene rings is 1. The van der Waals surface area contributed by atoms with Crippen LogP contribution in [0.3, 0.4) is 0 Å². The fourth-order valence-electron chi connectivity index (χ4n) is 5.90. The molecule has 3 amide bonds. The zero-order chi connectivity index (χ0) is 25.3. The molecule has 1 aromatic carbocycles. The van der Waals surface area contributed by atoms with Crippen molar-refractivity contribution in [3.63, 3.8) is 0 Å². The van der Waals surface area contributed by atoms with Gasteiger partial charge >= 0.3 is 6.03 Å². The van der Waals surface area contributed by atoms with Crippen LogP contribution in [0.2, 0.25) is 0 Å². The van der Waals surface area contributed by atoms with Crippen molar-refractivity contribution in [1.82, 2.24) is 24.7 Å². The normalized spacial score (nSPS) is 19.2. The molecule has 36 heavy (non-hydrogen) atoms. The maximum Gasteiger partial charge on any atom is 0.328 e. The van der Waals surface area contributed by atoms with Crippen molar-refractivity contribution in [3.8, 4) is 0 Å². The van der Waals surface area contributed by atoms with Gasteiger partial charge in [-0.2, -0.15) is 0 Å². The molecule has 0 bridgehead atoms. The summed E-state index contributed by atoms with van der Waals surface area (Å²) in [6.45, 7) is 8.97. The highest BCUT2D eigenvalue weighted by Gasteiger charge is 2.58. The van der Waals surface area contributed by atoms with Crippen LogP contribution in [0.4, 0.5) is 4.79 Å². The number of pyridine rings is 1. The number of fused-ring (bicyclic) bond motifs is 1. The lowest BCUT2D eigenvalue weighted by Gasteiger charge is -2.44. The number of piperidine rings is 1. The summed E-state index contributed by atoms with van der Waals surface area (Å²) in [5.41, 5.74) is 2.55. The van der Waals surface area contributed by atoms with E-state index in [1.165, 1.54) is 21.4 Å². The number of rotatable bonds is 8. The molecule has 190 valence electrons. The second-order valence-corrected chi connectivity index (χ2v) is 10.8. The third-order valence-corrected chi connectivity index (χ3v) is 7.97. The first-order chi connectivity index (χ1) is 17.4. The molecule has 3 aromatic rings. The number of hydrogen-bond acceptors (Lipinski definition) is 4. The summed E-state index contributed by atoms with van der Waals surface area (Å²) in [7, 11) is 0. The molecule has 0 saturated carbocycles. The number of urea groups is 1. The van der Waals surface area contributed by atoms with Crippen molar-refractivity contribution < 1.29 is 9.59 Å². The van der Waals surface area contributed by atoms with Crippen molar-refractivity contribution in [1.29, 1.82) is 0 Å².